The lowest BCUT2D eigenvalue weighted by atomic mass is 9.94. The van der Waals surface area contributed by atoms with E-state index in [1.54, 1.807) is 49.9 Å². The van der Waals surface area contributed by atoms with E-state index in [9.17, 15) is 9.59 Å². The molecule has 2 heterocycles. The van der Waals surface area contributed by atoms with Gasteiger partial charge in [-0.25, -0.2) is 9.48 Å². The maximum Gasteiger partial charge on any atom is 0.358 e. The minimum atomic E-state index is -0.652. The number of carbonyl (C=O) groups is 2. The number of nitrogens with two attached hydrogens (primary N) is 1. The number of nitrogens with zero attached hydrogens (tertiary/aromatic N) is 2. The average Bonchev–Trinajstić information content (AvgIpc) is 3.28. The van der Waals surface area contributed by atoms with E-state index in [1.165, 1.54) is 0 Å². The second-order valence-electron chi connectivity index (χ2n) is 7.86. The van der Waals surface area contributed by atoms with E-state index in [4.69, 9.17) is 20.6 Å². The summed E-state index contributed by atoms with van der Waals surface area (Å²) in [4.78, 5) is 26.0. The molecule has 180 valence electrons. The van der Waals surface area contributed by atoms with E-state index >= 15 is 0 Å². The number of hydrogen-bond donors (Lipinski definition) is 4. The van der Waals surface area contributed by atoms with E-state index in [0.29, 0.717) is 39.8 Å². The number of rotatable bonds is 7. The van der Waals surface area contributed by atoms with Crippen molar-refractivity contribution in [2.45, 2.75) is 19.9 Å². The van der Waals surface area contributed by atoms with Crippen molar-refractivity contribution in [2.24, 2.45) is 0 Å². The molecule has 0 saturated carbocycles. The molecule has 1 aliphatic heterocycles. The van der Waals surface area contributed by atoms with Crippen LogP contribution in [0.25, 0.3) is 0 Å². The third kappa shape index (κ3) is 4.58. The van der Waals surface area contributed by atoms with Crippen LogP contribution in [0.1, 0.15) is 41.5 Å². The molecule has 1 aliphatic rings. The second kappa shape index (κ2) is 9.72. The molecule has 1 amide bonds. The highest BCUT2D eigenvalue weighted by atomic mass is 16.5. The zero-order valence-corrected chi connectivity index (χ0v) is 19.6. The van der Waals surface area contributed by atoms with E-state index in [1.807, 2.05) is 24.3 Å². The molecule has 5 N–H and O–H groups in total. The zero-order chi connectivity index (χ0) is 25.1. The number of carbonyl (C=O) groups excluding carboxylic acids is 2. The largest absolute Gasteiger partial charge is 0.497 e. The maximum absolute atomic E-state index is 13.6. The van der Waals surface area contributed by atoms with Crippen LogP contribution in [0.15, 0.2) is 59.8 Å². The summed E-state index contributed by atoms with van der Waals surface area (Å²) < 4.78 is 12.1. The summed E-state index contributed by atoms with van der Waals surface area (Å²) >= 11 is 0. The molecule has 35 heavy (non-hydrogen) atoms. The fourth-order valence-electron chi connectivity index (χ4n) is 3.97. The number of aromatic nitrogens is 2. The SMILES string of the molecule is CCOC(=O)c1cc2n(n1)C(c1cccc(OC)c1)C(C(=O)Nc1ccc(N)c(C=N)c1)=C(C)N2. The van der Waals surface area contributed by atoms with Crippen molar-refractivity contribution in [3.8, 4) is 5.75 Å². The minimum absolute atomic E-state index is 0.130. The number of nitrogen functional groups attached to an aromatic ring is 1. The Balaban J connectivity index is 1.79. The van der Waals surface area contributed by atoms with Crippen LogP contribution in [0.4, 0.5) is 17.2 Å². The molecule has 0 spiro atoms. The van der Waals surface area contributed by atoms with E-state index < -0.39 is 12.0 Å². The second-order valence-corrected chi connectivity index (χ2v) is 7.86. The van der Waals surface area contributed by atoms with Crippen LogP contribution < -0.4 is 21.1 Å². The average molecular weight is 475 g/mol. The number of benzene rings is 2. The third-order valence-corrected chi connectivity index (χ3v) is 5.61. The predicted molar refractivity (Wildman–Crippen MR) is 133 cm³/mol. The van der Waals surface area contributed by atoms with Gasteiger partial charge < -0.3 is 31.3 Å². The predicted octanol–water partition coefficient (Wildman–Crippen LogP) is 3.58. The van der Waals surface area contributed by atoms with Crippen LogP contribution in [0.3, 0.4) is 0 Å². The van der Waals surface area contributed by atoms with Crippen molar-refractivity contribution in [1.29, 1.82) is 5.41 Å². The molecule has 1 aromatic heterocycles. The Kier molecular flexibility index (Phi) is 6.54. The summed E-state index contributed by atoms with van der Waals surface area (Å²) in [7, 11) is 1.57. The standard InChI is InChI=1S/C25H26N6O4/c1-4-35-25(33)20-12-21-28-14(2)22(24(32)29-17-8-9-19(27)16(10-17)13-26)23(31(21)30-20)15-6-5-7-18(11-15)34-3/h5-13,23,26,28H,4,27H2,1-3H3,(H,29,32). The number of allylic oxidation sites excluding steroid dienone is 1. The first-order valence-electron chi connectivity index (χ1n) is 11.0. The van der Waals surface area contributed by atoms with Gasteiger partial charge in [-0.3, -0.25) is 4.79 Å². The lowest BCUT2D eigenvalue weighted by Crippen LogP contribution is -2.31. The van der Waals surface area contributed by atoms with Crippen LogP contribution in [0.2, 0.25) is 0 Å². The number of hydrogen-bond acceptors (Lipinski definition) is 8. The van der Waals surface area contributed by atoms with E-state index in [2.05, 4.69) is 15.7 Å². The summed E-state index contributed by atoms with van der Waals surface area (Å²) in [6.45, 7) is 3.73. The zero-order valence-electron chi connectivity index (χ0n) is 19.6. The minimum Gasteiger partial charge on any atom is -0.497 e. The number of methoxy groups -OCH3 is 1. The Labute approximate surface area is 202 Å². The third-order valence-electron chi connectivity index (χ3n) is 5.61. The summed E-state index contributed by atoms with van der Waals surface area (Å²) in [6, 6.07) is 13.2. The van der Waals surface area contributed by atoms with Gasteiger partial charge in [-0.05, 0) is 49.7 Å². The van der Waals surface area contributed by atoms with Crippen molar-refractivity contribution in [3.63, 3.8) is 0 Å². The van der Waals surface area contributed by atoms with Crippen LogP contribution in [-0.4, -0.2) is 41.6 Å². The smallest absolute Gasteiger partial charge is 0.358 e. The van der Waals surface area contributed by atoms with Crippen LogP contribution >= 0.6 is 0 Å². The summed E-state index contributed by atoms with van der Waals surface area (Å²) in [5.41, 5.74) is 9.17. The number of ether oxygens (including phenoxy) is 2. The van der Waals surface area contributed by atoms with Gasteiger partial charge in [-0.15, -0.1) is 0 Å². The normalized spacial score (nSPS) is 14.5. The topological polar surface area (TPSA) is 144 Å². The van der Waals surface area contributed by atoms with Crippen molar-refractivity contribution < 1.29 is 19.1 Å². The molecule has 0 saturated heterocycles. The van der Waals surface area contributed by atoms with Gasteiger partial charge in [0.1, 0.15) is 17.6 Å². The number of anilines is 3. The molecule has 4 rings (SSSR count). The molecule has 10 nitrogen and oxygen atoms in total. The Hall–Kier alpha value is -4.60. The molecule has 10 heteroatoms. The summed E-state index contributed by atoms with van der Waals surface area (Å²) in [5, 5.41) is 18.1. The van der Waals surface area contributed by atoms with Gasteiger partial charge >= 0.3 is 5.97 Å². The maximum atomic E-state index is 13.6. The molecule has 0 fully saturated rings. The Morgan fingerprint density at radius 2 is 2.06 bits per heavy atom. The number of nitrogens with one attached hydrogen (secondary N) is 3. The molecule has 1 atom stereocenters. The van der Waals surface area contributed by atoms with Crippen LogP contribution in [-0.2, 0) is 9.53 Å². The summed E-state index contributed by atoms with van der Waals surface area (Å²) in [5.74, 6) is 0.244. The van der Waals surface area contributed by atoms with Crippen molar-refractivity contribution >= 4 is 35.3 Å². The number of amides is 1. The highest BCUT2D eigenvalue weighted by Gasteiger charge is 2.34. The van der Waals surface area contributed by atoms with Gasteiger partial charge in [0.15, 0.2) is 5.69 Å². The first-order chi connectivity index (χ1) is 16.9. The lowest BCUT2D eigenvalue weighted by Gasteiger charge is -2.30. The molecule has 0 aliphatic carbocycles. The number of esters is 1. The van der Waals surface area contributed by atoms with Crippen LogP contribution in [0, 0.1) is 5.41 Å². The first-order valence-corrected chi connectivity index (χ1v) is 11.0. The molecule has 1 unspecified atom stereocenters. The number of fused-ring (bicyclic) bond motifs is 1. The van der Waals surface area contributed by atoms with Gasteiger partial charge in [0.25, 0.3) is 5.91 Å². The van der Waals surface area contributed by atoms with E-state index in [-0.39, 0.29) is 18.2 Å². The molecular formula is C25H26N6O4. The van der Waals surface area contributed by atoms with Gasteiger partial charge in [-0.1, -0.05) is 12.1 Å². The van der Waals surface area contributed by atoms with E-state index in [0.717, 1.165) is 11.8 Å². The van der Waals surface area contributed by atoms with Crippen molar-refractivity contribution in [3.05, 3.63) is 76.6 Å². The molecule has 0 radical (unpaired) electrons. The van der Waals surface area contributed by atoms with Crippen molar-refractivity contribution in [2.75, 3.05) is 30.1 Å². The first kappa shape index (κ1) is 23.6. The Morgan fingerprint density at radius 1 is 1.26 bits per heavy atom. The van der Waals surface area contributed by atoms with Gasteiger partial charge in [0.2, 0.25) is 0 Å². The summed E-state index contributed by atoms with van der Waals surface area (Å²) in [6.07, 6.45) is 1.13. The van der Waals surface area contributed by atoms with Gasteiger partial charge in [0.05, 0.1) is 19.3 Å². The molecule has 2 aromatic carbocycles. The molecule has 0 bridgehead atoms. The molecule has 3 aromatic rings. The monoisotopic (exact) mass is 474 g/mol. The highest BCUT2D eigenvalue weighted by molar-refractivity contribution is 6.06. The highest BCUT2D eigenvalue weighted by Crippen LogP contribution is 2.38. The molecular weight excluding hydrogens is 448 g/mol. The Morgan fingerprint density at radius 3 is 2.77 bits per heavy atom. The quantitative estimate of drug-likeness (QED) is 0.233. The van der Waals surface area contributed by atoms with Gasteiger partial charge in [-0.2, -0.15) is 5.10 Å². The fraction of sp³-hybridized carbons (Fsp3) is 0.200. The van der Waals surface area contributed by atoms with Gasteiger partial charge in [0, 0.05) is 34.9 Å². The lowest BCUT2D eigenvalue weighted by molar-refractivity contribution is -0.113. The van der Waals surface area contributed by atoms with Crippen LogP contribution in [0.5, 0.6) is 5.75 Å². The van der Waals surface area contributed by atoms with Crippen molar-refractivity contribution in [1.82, 2.24) is 9.78 Å². The Bertz CT molecular complexity index is 1340. The fourth-order valence-corrected chi connectivity index (χ4v) is 3.97.